The van der Waals surface area contributed by atoms with Crippen LogP contribution in [0.5, 0.6) is 0 Å². The van der Waals surface area contributed by atoms with Gasteiger partial charge in [0.25, 0.3) is 0 Å². The lowest BCUT2D eigenvalue weighted by molar-refractivity contribution is 1.20. The second-order valence-electron chi connectivity index (χ2n) is 4.25. The predicted octanol–water partition coefficient (Wildman–Crippen LogP) is 3.22. The van der Waals surface area contributed by atoms with Gasteiger partial charge in [0.1, 0.15) is 6.07 Å². The Balaban J connectivity index is 2.48. The van der Waals surface area contributed by atoms with Crippen molar-refractivity contribution < 1.29 is 0 Å². The first-order valence-corrected chi connectivity index (χ1v) is 5.72. The minimum atomic E-state index is 0.639. The Morgan fingerprint density at radius 1 is 1.11 bits per heavy atom. The van der Waals surface area contributed by atoms with Gasteiger partial charge in [-0.05, 0) is 36.8 Å². The molecule has 0 aromatic heterocycles. The molecule has 2 aromatic rings. The molecule has 0 aliphatic rings. The standard InChI is InChI=1S/C15H15N3/c1-11-7-8-15(13(17)9-11)18(2)14-6-4-3-5-12(14)10-16/h3-9H,17H2,1-2H3. The van der Waals surface area contributed by atoms with Crippen LogP contribution in [0, 0.1) is 18.3 Å². The van der Waals surface area contributed by atoms with Crippen molar-refractivity contribution in [3.8, 4) is 6.07 Å². The Morgan fingerprint density at radius 3 is 2.50 bits per heavy atom. The summed E-state index contributed by atoms with van der Waals surface area (Å²) in [7, 11) is 1.91. The Kier molecular flexibility index (Phi) is 3.20. The Hall–Kier alpha value is -2.47. The van der Waals surface area contributed by atoms with Gasteiger partial charge in [0.15, 0.2) is 0 Å². The second-order valence-corrected chi connectivity index (χ2v) is 4.25. The SMILES string of the molecule is Cc1ccc(N(C)c2ccccc2C#N)c(N)c1. The third-order valence-electron chi connectivity index (χ3n) is 2.93. The third-order valence-corrected chi connectivity index (χ3v) is 2.93. The van der Waals surface area contributed by atoms with Gasteiger partial charge >= 0.3 is 0 Å². The maximum Gasteiger partial charge on any atom is 0.101 e. The summed E-state index contributed by atoms with van der Waals surface area (Å²) in [4.78, 5) is 1.94. The molecule has 0 atom stereocenters. The van der Waals surface area contributed by atoms with Crippen molar-refractivity contribution in [3.05, 3.63) is 53.6 Å². The Bertz CT molecular complexity index is 611. The molecular weight excluding hydrogens is 222 g/mol. The van der Waals surface area contributed by atoms with Gasteiger partial charge in [0.05, 0.1) is 22.6 Å². The van der Waals surface area contributed by atoms with Crippen LogP contribution in [-0.4, -0.2) is 7.05 Å². The van der Waals surface area contributed by atoms with Crippen LogP contribution in [0.2, 0.25) is 0 Å². The van der Waals surface area contributed by atoms with Gasteiger partial charge in [-0.2, -0.15) is 5.26 Å². The molecule has 3 nitrogen and oxygen atoms in total. The molecule has 18 heavy (non-hydrogen) atoms. The van der Waals surface area contributed by atoms with Crippen molar-refractivity contribution in [2.75, 3.05) is 17.7 Å². The van der Waals surface area contributed by atoms with Gasteiger partial charge in [-0.15, -0.1) is 0 Å². The molecular formula is C15H15N3. The topological polar surface area (TPSA) is 53.0 Å². The number of aryl methyl sites for hydroxylation is 1. The number of nitrogen functional groups attached to an aromatic ring is 1. The van der Waals surface area contributed by atoms with Crippen LogP contribution < -0.4 is 10.6 Å². The van der Waals surface area contributed by atoms with E-state index in [2.05, 4.69) is 6.07 Å². The fourth-order valence-electron chi connectivity index (χ4n) is 1.97. The van der Waals surface area contributed by atoms with Crippen molar-refractivity contribution >= 4 is 17.1 Å². The third kappa shape index (κ3) is 2.14. The highest BCUT2D eigenvalue weighted by molar-refractivity contribution is 5.77. The van der Waals surface area contributed by atoms with Crippen LogP contribution in [-0.2, 0) is 0 Å². The number of anilines is 3. The molecule has 0 aliphatic carbocycles. The summed E-state index contributed by atoms with van der Waals surface area (Å²) in [5.74, 6) is 0. The highest BCUT2D eigenvalue weighted by Crippen LogP contribution is 2.31. The summed E-state index contributed by atoms with van der Waals surface area (Å²) in [5.41, 5.74) is 10.3. The molecule has 2 aromatic carbocycles. The van der Waals surface area contributed by atoms with Crippen molar-refractivity contribution in [2.24, 2.45) is 0 Å². The Labute approximate surface area is 107 Å². The van der Waals surface area contributed by atoms with Gasteiger partial charge in [-0.1, -0.05) is 18.2 Å². The number of nitrogens with zero attached hydrogens (tertiary/aromatic N) is 2. The van der Waals surface area contributed by atoms with E-state index in [1.807, 2.05) is 55.3 Å². The number of para-hydroxylation sites is 1. The lowest BCUT2D eigenvalue weighted by atomic mass is 10.1. The zero-order valence-corrected chi connectivity index (χ0v) is 10.5. The zero-order valence-electron chi connectivity index (χ0n) is 10.5. The lowest BCUT2D eigenvalue weighted by Gasteiger charge is -2.22. The summed E-state index contributed by atoms with van der Waals surface area (Å²) < 4.78 is 0. The minimum Gasteiger partial charge on any atom is -0.397 e. The molecule has 90 valence electrons. The van der Waals surface area contributed by atoms with Gasteiger partial charge in [0, 0.05) is 7.05 Å². The van der Waals surface area contributed by atoms with E-state index >= 15 is 0 Å². The number of rotatable bonds is 2. The number of nitrogens with two attached hydrogens (primary N) is 1. The maximum atomic E-state index is 9.12. The average Bonchev–Trinajstić information content (AvgIpc) is 2.38. The largest absolute Gasteiger partial charge is 0.397 e. The monoisotopic (exact) mass is 237 g/mol. The first-order chi connectivity index (χ1) is 8.63. The molecule has 0 saturated heterocycles. The van der Waals surface area contributed by atoms with Crippen molar-refractivity contribution in [1.82, 2.24) is 0 Å². The molecule has 0 unspecified atom stereocenters. The van der Waals surface area contributed by atoms with E-state index in [4.69, 9.17) is 11.0 Å². The smallest absolute Gasteiger partial charge is 0.101 e. The molecule has 0 spiro atoms. The van der Waals surface area contributed by atoms with E-state index in [0.717, 1.165) is 16.9 Å². The number of nitriles is 1. The number of hydrogen-bond donors (Lipinski definition) is 1. The van der Waals surface area contributed by atoms with Gasteiger partial charge in [0.2, 0.25) is 0 Å². The molecule has 0 radical (unpaired) electrons. The first kappa shape index (κ1) is 12.0. The van der Waals surface area contributed by atoms with Crippen molar-refractivity contribution in [1.29, 1.82) is 5.26 Å². The first-order valence-electron chi connectivity index (χ1n) is 5.72. The van der Waals surface area contributed by atoms with Crippen LogP contribution in [0.25, 0.3) is 0 Å². The normalized spacial score (nSPS) is 9.83. The summed E-state index contributed by atoms with van der Waals surface area (Å²) in [6, 6.07) is 15.6. The highest BCUT2D eigenvalue weighted by atomic mass is 15.1. The van der Waals surface area contributed by atoms with Crippen LogP contribution in [0.15, 0.2) is 42.5 Å². The second kappa shape index (κ2) is 4.80. The lowest BCUT2D eigenvalue weighted by Crippen LogP contribution is -2.13. The Morgan fingerprint density at radius 2 is 1.83 bits per heavy atom. The van der Waals surface area contributed by atoms with Crippen molar-refractivity contribution in [2.45, 2.75) is 6.92 Å². The summed E-state index contributed by atoms with van der Waals surface area (Å²) in [6.07, 6.45) is 0. The van der Waals surface area contributed by atoms with Crippen LogP contribution in [0.4, 0.5) is 17.1 Å². The predicted molar refractivity (Wildman–Crippen MR) is 74.8 cm³/mol. The fourth-order valence-corrected chi connectivity index (χ4v) is 1.97. The molecule has 2 rings (SSSR count). The quantitative estimate of drug-likeness (QED) is 0.816. The molecule has 2 N–H and O–H groups in total. The minimum absolute atomic E-state index is 0.639. The molecule has 0 amide bonds. The van der Waals surface area contributed by atoms with Crippen LogP contribution >= 0.6 is 0 Å². The molecule has 0 heterocycles. The maximum absolute atomic E-state index is 9.12. The van der Waals surface area contributed by atoms with E-state index in [0.29, 0.717) is 11.3 Å². The van der Waals surface area contributed by atoms with Gasteiger partial charge < -0.3 is 10.6 Å². The number of benzene rings is 2. The summed E-state index contributed by atoms with van der Waals surface area (Å²) in [6.45, 7) is 2.00. The van der Waals surface area contributed by atoms with Gasteiger partial charge in [-0.25, -0.2) is 0 Å². The molecule has 0 fully saturated rings. The average molecular weight is 237 g/mol. The van der Waals surface area contributed by atoms with E-state index < -0.39 is 0 Å². The van der Waals surface area contributed by atoms with E-state index in [-0.39, 0.29) is 0 Å². The molecule has 0 saturated carbocycles. The van der Waals surface area contributed by atoms with E-state index in [1.165, 1.54) is 0 Å². The van der Waals surface area contributed by atoms with Gasteiger partial charge in [-0.3, -0.25) is 0 Å². The highest BCUT2D eigenvalue weighted by Gasteiger charge is 2.10. The molecule has 3 heteroatoms. The fraction of sp³-hybridized carbons (Fsp3) is 0.133. The van der Waals surface area contributed by atoms with E-state index in [9.17, 15) is 0 Å². The summed E-state index contributed by atoms with van der Waals surface area (Å²) in [5, 5.41) is 9.12. The summed E-state index contributed by atoms with van der Waals surface area (Å²) >= 11 is 0. The zero-order chi connectivity index (χ0) is 13.1. The van der Waals surface area contributed by atoms with Crippen LogP contribution in [0.3, 0.4) is 0 Å². The molecule has 0 aliphatic heterocycles. The van der Waals surface area contributed by atoms with E-state index in [1.54, 1.807) is 6.07 Å². The van der Waals surface area contributed by atoms with Crippen LogP contribution in [0.1, 0.15) is 11.1 Å². The number of hydrogen-bond acceptors (Lipinski definition) is 3. The molecule has 0 bridgehead atoms. The van der Waals surface area contributed by atoms with Crippen molar-refractivity contribution in [3.63, 3.8) is 0 Å².